The SMILES string of the molecule is Fc1ccc(COc2ccc(C=Nc3ccc([C@@H]4Nc5ccccc5[C@@H]5C=CC[C@H]54)cc3)cc2Cl)cc1. The average molecular weight is 509 g/mol. The van der Waals surface area contributed by atoms with Gasteiger partial charge in [-0.25, -0.2) is 4.39 Å². The van der Waals surface area contributed by atoms with E-state index in [1.54, 1.807) is 18.3 Å². The number of rotatable bonds is 6. The summed E-state index contributed by atoms with van der Waals surface area (Å²) in [4.78, 5) is 4.65. The highest BCUT2D eigenvalue weighted by atomic mass is 35.5. The van der Waals surface area contributed by atoms with Crippen LogP contribution in [0.3, 0.4) is 0 Å². The zero-order valence-corrected chi connectivity index (χ0v) is 20.9. The molecule has 0 amide bonds. The maximum atomic E-state index is 13.1. The number of hydrogen-bond acceptors (Lipinski definition) is 3. The van der Waals surface area contributed by atoms with Crippen molar-refractivity contribution in [3.63, 3.8) is 0 Å². The standard InChI is InChI=1S/C32H26ClFN2O/c33-29-18-22(10-17-31(29)37-20-21-8-13-24(34)14-9-21)19-35-25-15-11-23(12-16-25)32-28-6-3-5-26(28)27-4-1-2-7-30(27)36-32/h1-5,7-19,26,28,32,36H,6,20H2/t26-,28+,32-/m0/s1. The lowest BCUT2D eigenvalue weighted by atomic mass is 9.77. The predicted molar refractivity (Wildman–Crippen MR) is 149 cm³/mol. The topological polar surface area (TPSA) is 33.6 Å². The zero-order valence-electron chi connectivity index (χ0n) is 20.1. The molecule has 0 radical (unpaired) electrons. The average Bonchev–Trinajstić information content (AvgIpc) is 3.43. The van der Waals surface area contributed by atoms with Crippen LogP contribution in [0.4, 0.5) is 15.8 Å². The summed E-state index contributed by atoms with van der Waals surface area (Å²) in [6.07, 6.45) is 7.56. The van der Waals surface area contributed by atoms with Crippen molar-refractivity contribution in [3.8, 4) is 5.75 Å². The summed E-state index contributed by atoms with van der Waals surface area (Å²) in [6, 6.07) is 29.2. The number of hydrogen-bond donors (Lipinski definition) is 1. The van der Waals surface area contributed by atoms with E-state index in [0.29, 0.717) is 29.2 Å². The lowest BCUT2D eigenvalue weighted by molar-refractivity contribution is 0.306. The highest BCUT2D eigenvalue weighted by Crippen LogP contribution is 2.49. The number of nitrogens with one attached hydrogen (secondary N) is 1. The summed E-state index contributed by atoms with van der Waals surface area (Å²) in [5.41, 5.74) is 6.54. The van der Waals surface area contributed by atoms with Crippen molar-refractivity contribution < 1.29 is 9.13 Å². The van der Waals surface area contributed by atoms with Crippen LogP contribution in [0.1, 0.15) is 40.6 Å². The lowest BCUT2D eigenvalue weighted by Crippen LogP contribution is -2.28. The van der Waals surface area contributed by atoms with Gasteiger partial charge in [0.1, 0.15) is 18.2 Å². The fraction of sp³-hybridized carbons (Fsp3) is 0.156. The summed E-state index contributed by atoms with van der Waals surface area (Å²) in [6.45, 7) is 0.318. The molecule has 0 saturated carbocycles. The van der Waals surface area contributed by atoms with E-state index in [-0.39, 0.29) is 11.9 Å². The number of nitrogens with zero attached hydrogens (tertiary/aromatic N) is 1. The number of fused-ring (bicyclic) bond motifs is 3. The van der Waals surface area contributed by atoms with Gasteiger partial charge in [0.25, 0.3) is 0 Å². The molecule has 3 nitrogen and oxygen atoms in total. The van der Waals surface area contributed by atoms with E-state index in [0.717, 1.165) is 23.2 Å². The molecule has 0 saturated heterocycles. The number of aliphatic imine (C=N–C) groups is 1. The molecule has 1 N–H and O–H groups in total. The van der Waals surface area contributed by atoms with E-state index >= 15 is 0 Å². The number of ether oxygens (including phenoxy) is 1. The molecule has 184 valence electrons. The molecule has 0 aromatic heterocycles. The largest absolute Gasteiger partial charge is 0.487 e. The van der Waals surface area contributed by atoms with Gasteiger partial charge in [0.05, 0.1) is 16.8 Å². The van der Waals surface area contributed by atoms with Gasteiger partial charge in [-0.05, 0) is 83.1 Å². The van der Waals surface area contributed by atoms with Gasteiger partial charge in [-0.15, -0.1) is 0 Å². The van der Waals surface area contributed by atoms with Crippen LogP contribution in [0.15, 0.2) is 108 Å². The van der Waals surface area contributed by atoms with E-state index < -0.39 is 0 Å². The Bertz CT molecular complexity index is 1460. The molecule has 37 heavy (non-hydrogen) atoms. The maximum absolute atomic E-state index is 13.1. The van der Waals surface area contributed by atoms with Crippen LogP contribution in [0.5, 0.6) is 5.75 Å². The third-order valence-electron chi connectivity index (χ3n) is 7.15. The lowest BCUT2D eigenvalue weighted by Gasteiger charge is -2.37. The van der Waals surface area contributed by atoms with Crippen LogP contribution in [0, 0.1) is 11.7 Å². The summed E-state index contributed by atoms with van der Waals surface area (Å²) in [7, 11) is 0. The van der Waals surface area contributed by atoms with Crippen LogP contribution >= 0.6 is 11.6 Å². The molecule has 1 aliphatic carbocycles. The highest BCUT2D eigenvalue weighted by molar-refractivity contribution is 6.32. The molecule has 0 spiro atoms. The minimum Gasteiger partial charge on any atom is -0.487 e. The predicted octanol–water partition coefficient (Wildman–Crippen LogP) is 8.64. The number of para-hydroxylation sites is 1. The van der Waals surface area contributed by atoms with Crippen molar-refractivity contribution in [1.82, 2.24) is 0 Å². The third-order valence-corrected chi connectivity index (χ3v) is 7.45. The molecule has 2 aliphatic rings. The summed E-state index contributed by atoms with van der Waals surface area (Å²) < 4.78 is 18.9. The molecule has 0 fully saturated rings. The first-order chi connectivity index (χ1) is 18.1. The van der Waals surface area contributed by atoms with Gasteiger partial charge in [0.15, 0.2) is 0 Å². The Balaban J connectivity index is 1.12. The first-order valence-corrected chi connectivity index (χ1v) is 12.8. The first kappa shape index (κ1) is 23.5. The minimum absolute atomic E-state index is 0.267. The van der Waals surface area contributed by atoms with Gasteiger partial charge < -0.3 is 10.1 Å². The van der Waals surface area contributed by atoms with Gasteiger partial charge in [-0.2, -0.15) is 0 Å². The third kappa shape index (κ3) is 5.03. The molecule has 6 rings (SSSR count). The van der Waals surface area contributed by atoms with Gasteiger partial charge in [-0.3, -0.25) is 4.99 Å². The zero-order chi connectivity index (χ0) is 25.2. The van der Waals surface area contributed by atoms with Crippen LogP contribution in [0.25, 0.3) is 0 Å². The van der Waals surface area contributed by atoms with Gasteiger partial charge in [-0.1, -0.05) is 66.2 Å². The molecule has 4 aromatic carbocycles. The Morgan fingerprint density at radius 1 is 0.973 bits per heavy atom. The normalized spacial score (nSPS) is 19.9. The molecular formula is C32H26ClFN2O. The fourth-order valence-electron chi connectivity index (χ4n) is 5.25. The van der Waals surface area contributed by atoms with E-state index in [9.17, 15) is 4.39 Å². The fourth-order valence-corrected chi connectivity index (χ4v) is 5.49. The molecule has 1 heterocycles. The number of allylic oxidation sites excluding steroid dienone is 2. The number of anilines is 1. The second kappa shape index (κ2) is 10.2. The molecule has 4 aromatic rings. The number of benzene rings is 4. The van der Waals surface area contributed by atoms with Crippen molar-refractivity contribution in [2.75, 3.05) is 5.32 Å². The Hall–Kier alpha value is -3.89. The quantitative estimate of drug-likeness (QED) is 0.209. The summed E-state index contributed by atoms with van der Waals surface area (Å²) in [5, 5.41) is 4.28. The van der Waals surface area contributed by atoms with Crippen LogP contribution in [-0.4, -0.2) is 6.21 Å². The molecule has 0 unspecified atom stereocenters. The first-order valence-electron chi connectivity index (χ1n) is 12.5. The van der Waals surface area contributed by atoms with E-state index in [4.69, 9.17) is 16.3 Å². The Kier molecular flexibility index (Phi) is 6.50. The molecule has 5 heteroatoms. The molecule has 3 atom stereocenters. The summed E-state index contributed by atoms with van der Waals surface area (Å²) in [5.74, 6) is 1.30. The smallest absolute Gasteiger partial charge is 0.138 e. The minimum atomic E-state index is -0.267. The van der Waals surface area contributed by atoms with E-state index in [1.165, 1.54) is 28.9 Å². The molecule has 0 bridgehead atoms. The van der Waals surface area contributed by atoms with Crippen LogP contribution in [-0.2, 0) is 6.61 Å². The second-order valence-electron chi connectivity index (χ2n) is 9.52. The van der Waals surface area contributed by atoms with Crippen LogP contribution in [0.2, 0.25) is 5.02 Å². The van der Waals surface area contributed by atoms with Crippen molar-refractivity contribution in [2.24, 2.45) is 10.9 Å². The summed E-state index contributed by atoms with van der Waals surface area (Å²) >= 11 is 6.43. The van der Waals surface area contributed by atoms with Gasteiger partial charge >= 0.3 is 0 Å². The highest BCUT2D eigenvalue weighted by Gasteiger charge is 2.37. The second-order valence-corrected chi connectivity index (χ2v) is 9.92. The Labute approximate surface area is 221 Å². The van der Waals surface area contributed by atoms with E-state index in [1.807, 2.05) is 18.2 Å². The van der Waals surface area contributed by atoms with Gasteiger partial charge in [0.2, 0.25) is 0 Å². The number of halogens is 2. The molecular weight excluding hydrogens is 483 g/mol. The Morgan fingerprint density at radius 2 is 1.78 bits per heavy atom. The van der Waals surface area contributed by atoms with Crippen molar-refractivity contribution in [3.05, 3.63) is 136 Å². The van der Waals surface area contributed by atoms with Crippen LogP contribution < -0.4 is 10.1 Å². The molecule has 1 aliphatic heterocycles. The van der Waals surface area contributed by atoms with Crippen molar-refractivity contribution >= 4 is 29.2 Å². The van der Waals surface area contributed by atoms with Crippen molar-refractivity contribution in [2.45, 2.75) is 25.0 Å². The monoisotopic (exact) mass is 508 g/mol. The van der Waals surface area contributed by atoms with E-state index in [2.05, 4.69) is 71.0 Å². The maximum Gasteiger partial charge on any atom is 0.138 e. The Morgan fingerprint density at radius 3 is 2.59 bits per heavy atom. The van der Waals surface area contributed by atoms with Crippen molar-refractivity contribution in [1.29, 1.82) is 0 Å². The van der Waals surface area contributed by atoms with Gasteiger partial charge in [0, 0.05) is 17.8 Å².